The molecule has 2 rings (SSSR count). The highest BCUT2D eigenvalue weighted by molar-refractivity contribution is 5.88. The van der Waals surface area contributed by atoms with E-state index in [1.54, 1.807) is 54.6 Å². The van der Waals surface area contributed by atoms with Gasteiger partial charge in [0.1, 0.15) is 17.2 Å². The molecule has 0 aliphatic heterocycles. The molecular weight excluding hydrogens is 304 g/mol. The van der Waals surface area contributed by atoms with E-state index in [-0.39, 0.29) is 5.75 Å². The first-order valence-corrected chi connectivity index (χ1v) is 8.09. The van der Waals surface area contributed by atoms with Gasteiger partial charge in [0, 0.05) is 6.08 Å². The molecule has 0 amide bonds. The summed E-state index contributed by atoms with van der Waals surface area (Å²) in [6, 6.07) is 13.5. The molecule has 0 spiro atoms. The number of carbonyl (C=O) groups excluding carboxylic acids is 1. The van der Waals surface area contributed by atoms with Crippen molar-refractivity contribution in [2.24, 2.45) is 0 Å². The first kappa shape index (κ1) is 17.6. The molecule has 0 bridgehead atoms. The fraction of sp³-hybridized carbons (Fsp3) is 0.250. The van der Waals surface area contributed by atoms with Crippen LogP contribution in [0.25, 0.3) is 6.08 Å². The summed E-state index contributed by atoms with van der Waals surface area (Å²) in [5, 5.41) is 9.21. The highest BCUT2D eigenvalue weighted by atomic mass is 16.5. The molecule has 0 aliphatic carbocycles. The van der Waals surface area contributed by atoms with E-state index in [1.807, 2.05) is 0 Å². The largest absolute Gasteiger partial charge is 0.508 e. The van der Waals surface area contributed by atoms with E-state index in [1.165, 1.54) is 6.08 Å². The molecule has 24 heavy (non-hydrogen) atoms. The second kappa shape index (κ2) is 9.40. The van der Waals surface area contributed by atoms with Gasteiger partial charge in [0.15, 0.2) is 0 Å². The number of benzene rings is 2. The van der Waals surface area contributed by atoms with Gasteiger partial charge in [-0.1, -0.05) is 31.9 Å². The lowest BCUT2D eigenvalue weighted by atomic mass is 10.2. The van der Waals surface area contributed by atoms with Gasteiger partial charge in [-0.3, -0.25) is 0 Å². The summed E-state index contributed by atoms with van der Waals surface area (Å²) >= 11 is 0. The van der Waals surface area contributed by atoms with Gasteiger partial charge in [-0.2, -0.15) is 0 Å². The molecule has 0 radical (unpaired) electrons. The monoisotopic (exact) mass is 326 g/mol. The summed E-state index contributed by atoms with van der Waals surface area (Å²) in [6.45, 7) is 2.85. The van der Waals surface area contributed by atoms with Crippen LogP contribution in [0.1, 0.15) is 31.7 Å². The number of phenolic OH excluding ortho intramolecular Hbond substituents is 1. The zero-order chi connectivity index (χ0) is 17.2. The Hall–Kier alpha value is -2.75. The number of hydrogen-bond acceptors (Lipinski definition) is 4. The molecule has 4 nitrogen and oxygen atoms in total. The molecule has 0 unspecified atom stereocenters. The Morgan fingerprint density at radius 3 is 2.33 bits per heavy atom. The Morgan fingerprint density at radius 2 is 1.67 bits per heavy atom. The molecule has 0 aliphatic rings. The zero-order valence-electron chi connectivity index (χ0n) is 13.8. The predicted octanol–water partition coefficient (Wildman–Crippen LogP) is 4.58. The van der Waals surface area contributed by atoms with Crippen LogP contribution in [0.5, 0.6) is 17.2 Å². The van der Waals surface area contributed by atoms with Crippen LogP contribution >= 0.6 is 0 Å². The highest BCUT2D eigenvalue weighted by Crippen LogP contribution is 2.18. The van der Waals surface area contributed by atoms with Crippen LogP contribution in [0.2, 0.25) is 0 Å². The Labute approximate surface area is 142 Å². The molecular formula is C20H22O4. The van der Waals surface area contributed by atoms with Crippen LogP contribution in [0.3, 0.4) is 0 Å². The lowest BCUT2D eigenvalue weighted by Crippen LogP contribution is -2.03. The number of ether oxygens (including phenoxy) is 2. The smallest absolute Gasteiger partial charge is 0.336 e. The van der Waals surface area contributed by atoms with E-state index >= 15 is 0 Å². The van der Waals surface area contributed by atoms with E-state index in [0.717, 1.165) is 30.6 Å². The van der Waals surface area contributed by atoms with E-state index in [9.17, 15) is 9.90 Å². The van der Waals surface area contributed by atoms with Crippen molar-refractivity contribution in [3.8, 4) is 17.2 Å². The quantitative estimate of drug-likeness (QED) is 0.334. The van der Waals surface area contributed by atoms with E-state index in [0.29, 0.717) is 12.4 Å². The normalized spacial score (nSPS) is 10.7. The minimum absolute atomic E-state index is 0.187. The van der Waals surface area contributed by atoms with E-state index in [2.05, 4.69) is 6.92 Å². The van der Waals surface area contributed by atoms with E-state index in [4.69, 9.17) is 9.47 Å². The third-order valence-electron chi connectivity index (χ3n) is 3.36. The van der Waals surface area contributed by atoms with Gasteiger partial charge in [0.25, 0.3) is 0 Å². The molecule has 0 atom stereocenters. The van der Waals surface area contributed by atoms with Gasteiger partial charge in [0.2, 0.25) is 0 Å². The van der Waals surface area contributed by atoms with Gasteiger partial charge in [0.05, 0.1) is 6.61 Å². The minimum Gasteiger partial charge on any atom is -0.508 e. The third-order valence-corrected chi connectivity index (χ3v) is 3.36. The number of rotatable bonds is 8. The maximum Gasteiger partial charge on any atom is 0.336 e. The fourth-order valence-corrected chi connectivity index (χ4v) is 2.05. The maximum absolute atomic E-state index is 11.8. The highest BCUT2D eigenvalue weighted by Gasteiger charge is 2.01. The Bertz CT molecular complexity index is 657. The average molecular weight is 326 g/mol. The first-order valence-electron chi connectivity index (χ1n) is 8.09. The molecule has 0 heterocycles. The van der Waals surface area contributed by atoms with E-state index < -0.39 is 5.97 Å². The molecule has 2 aromatic rings. The maximum atomic E-state index is 11.8. The fourth-order valence-electron chi connectivity index (χ4n) is 2.05. The summed E-state index contributed by atoms with van der Waals surface area (Å²) in [5.41, 5.74) is 0.806. The molecule has 0 saturated heterocycles. The van der Waals surface area contributed by atoms with Crippen LogP contribution in [-0.4, -0.2) is 17.7 Å². The first-order chi connectivity index (χ1) is 11.7. The lowest BCUT2D eigenvalue weighted by Gasteiger charge is -2.06. The van der Waals surface area contributed by atoms with Gasteiger partial charge in [-0.25, -0.2) is 4.79 Å². The van der Waals surface area contributed by atoms with Crippen LogP contribution in [0, 0.1) is 0 Å². The summed E-state index contributed by atoms with van der Waals surface area (Å²) in [7, 11) is 0. The topological polar surface area (TPSA) is 55.8 Å². The molecule has 4 heteroatoms. The summed E-state index contributed by atoms with van der Waals surface area (Å²) < 4.78 is 10.8. The number of unbranched alkanes of at least 4 members (excludes halogenated alkanes) is 2. The SMILES string of the molecule is CCCCCOc1ccc(OC(=O)/C=C/c2ccc(O)cc2)cc1. The van der Waals surface area contributed by atoms with Crippen molar-refractivity contribution in [1.29, 1.82) is 0 Å². The molecule has 0 aromatic heterocycles. The number of hydrogen-bond donors (Lipinski definition) is 1. The standard InChI is InChI=1S/C20H22O4/c1-2-3-4-15-23-18-10-12-19(13-11-18)24-20(22)14-7-16-5-8-17(21)9-6-16/h5-14,21H,2-4,15H2,1H3/b14-7+. The van der Waals surface area contributed by atoms with Crippen molar-refractivity contribution >= 4 is 12.0 Å². The third kappa shape index (κ3) is 6.16. The molecule has 0 saturated carbocycles. The van der Waals surface area contributed by atoms with Crippen molar-refractivity contribution < 1.29 is 19.4 Å². The molecule has 126 valence electrons. The molecule has 0 fully saturated rings. The van der Waals surface area contributed by atoms with Gasteiger partial charge >= 0.3 is 5.97 Å². The molecule has 2 aromatic carbocycles. The number of aromatic hydroxyl groups is 1. The number of esters is 1. The van der Waals surface area contributed by atoms with Crippen LogP contribution in [0.15, 0.2) is 54.6 Å². The van der Waals surface area contributed by atoms with Crippen molar-refractivity contribution in [3.63, 3.8) is 0 Å². The van der Waals surface area contributed by atoms with Crippen molar-refractivity contribution in [2.75, 3.05) is 6.61 Å². The number of phenols is 1. The van der Waals surface area contributed by atoms with Gasteiger partial charge < -0.3 is 14.6 Å². The van der Waals surface area contributed by atoms with Crippen LogP contribution in [0.4, 0.5) is 0 Å². The predicted molar refractivity (Wildman–Crippen MR) is 94.2 cm³/mol. The molecule has 1 N–H and O–H groups in total. The second-order valence-corrected chi connectivity index (χ2v) is 5.37. The van der Waals surface area contributed by atoms with Crippen molar-refractivity contribution in [1.82, 2.24) is 0 Å². The van der Waals surface area contributed by atoms with Gasteiger partial charge in [-0.15, -0.1) is 0 Å². The Kier molecular flexibility index (Phi) is 6.90. The number of carbonyl (C=O) groups is 1. The lowest BCUT2D eigenvalue weighted by molar-refractivity contribution is -0.128. The second-order valence-electron chi connectivity index (χ2n) is 5.37. The Morgan fingerprint density at radius 1 is 1.00 bits per heavy atom. The average Bonchev–Trinajstić information content (AvgIpc) is 2.60. The van der Waals surface area contributed by atoms with Gasteiger partial charge in [-0.05, 0) is 54.5 Å². The minimum atomic E-state index is -0.459. The summed E-state index contributed by atoms with van der Waals surface area (Å²) in [6.07, 6.45) is 6.34. The van der Waals surface area contributed by atoms with Crippen LogP contribution in [-0.2, 0) is 4.79 Å². The van der Waals surface area contributed by atoms with Crippen molar-refractivity contribution in [3.05, 3.63) is 60.2 Å². The summed E-state index contributed by atoms with van der Waals surface area (Å²) in [5.74, 6) is 0.966. The summed E-state index contributed by atoms with van der Waals surface area (Å²) in [4.78, 5) is 11.8. The zero-order valence-corrected chi connectivity index (χ0v) is 13.8. The van der Waals surface area contributed by atoms with Crippen LogP contribution < -0.4 is 9.47 Å². The Balaban J connectivity index is 1.82. The van der Waals surface area contributed by atoms with Crippen molar-refractivity contribution in [2.45, 2.75) is 26.2 Å².